The molecule has 132 valence electrons. The quantitative estimate of drug-likeness (QED) is 0.921. The van der Waals surface area contributed by atoms with Crippen LogP contribution in [0, 0.1) is 5.92 Å². The lowest BCUT2D eigenvalue weighted by Gasteiger charge is -2.33. The lowest BCUT2D eigenvalue weighted by Crippen LogP contribution is -2.39. The number of hydrogen-bond acceptors (Lipinski definition) is 4. The first-order chi connectivity index (χ1) is 11.8. The molecule has 6 nitrogen and oxygen atoms in total. The Balaban J connectivity index is 1.31. The van der Waals surface area contributed by atoms with Crippen LogP contribution in [0.15, 0.2) is 0 Å². The molecule has 3 heterocycles. The van der Waals surface area contributed by atoms with Crippen molar-refractivity contribution in [1.29, 1.82) is 0 Å². The zero-order chi connectivity index (χ0) is 16.4. The average Bonchev–Trinajstić information content (AvgIpc) is 3.07. The van der Waals surface area contributed by atoms with Gasteiger partial charge < -0.3 is 14.8 Å². The van der Waals surface area contributed by atoms with Crippen LogP contribution in [0.1, 0.15) is 68.9 Å². The van der Waals surface area contributed by atoms with Crippen molar-refractivity contribution in [2.24, 2.45) is 5.92 Å². The topological polar surface area (TPSA) is 63.1 Å². The molecule has 0 unspecified atom stereocenters. The Morgan fingerprint density at radius 1 is 1.04 bits per heavy atom. The van der Waals surface area contributed by atoms with Gasteiger partial charge in [0.05, 0.1) is 6.54 Å². The predicted molar refractivity (Wildman–Crippen MR) is 91.5 cm³/mol. The summed E-state index contributed by atoms with van der Waals surface area (Å²) in [4.78, 5) is 14.7. The first kappa shape index (κ1) is 16.1. The number of piperidine rings is 1. The molecule has 0 bridgehead atoms. The Morgan fingerprint density at radius 2 is 1.83 bits per heavy atom. The number of nitrogens with one attached hydrogen (secondary N) is 1. The van der Waals surface area contributed by atoms with Gasteiger partial charge in [-0.05, 0) is 31.6 Å². The monoisotopic (exact) mass is 331 g/mol. The third-order valence-electron chi connectivity index (χ3n) is 6.05. The molecule has 0 aromatic carbocycles. The standard InChI is InChI=1S/C18H29N5O/c24-17(12-14-4-2-1-3-5-14)22-9-6-15(7-10-22)18-21-20-16-13-19-8-11-23(16)18/h14-15,19H,1-13H2. The molecule has 0 spiro atoms. The summed E-state index contributed by atoms with van der Waals surface area (Å²) in [5.41, 5.74) is 0. The fraction of sp³-hybridized carbons (Fsp3) is 0.833. The van der Waals surface area contributed by atoms with Crippen LogP contribution < -0.4 is 5.32 Å². The van der Waals surface area contributed by atoms with Crippen LogP contribution in [0.2, 0.25) is 0 Å². The number of fused-ring (bicyclic) bond motifs is 1. The van der Waals surface area contributed by atoms with Crippen LogP contribution in [0.25, 0.3) is 0 Å². The minimum absolute atomic E-state index is 0.382. The molecule has 3 aliphatic rings. The molecule has 1 aliphatic carbocycles. The van der Waals surface area contributed by atoms with Crippen molar-refractivity contribution < 1.29 is 4.79 Å². The smallest absolute Gasteiger partial charge is 0.222 e. The molecule has 1 aromatic heterocycles. The van der Waals surface area contributed by atoms with Gasteiger partial charge in [-0.3, -0.25) is 4.79 Å². The molecule has 1 amide bonds. The maximum absolute atomic E-state index is 12.6. The van der Waals surface area contributed by atoms with E-state index < -0.39 is 0 Å². The Kier molecular flexibility index (Phi) is 4.83. The van der Waals surface area contributed by atoms with Gasteiger partial charge in [-0.1, -0.05) is 19.3 Å². The minimum Gasteiger partial charge on any atom is -0.343 e. The zero-order valence-electron chi connectivity index (χ0n) is 14.5. The van der Waals surface area contributed by atoms with E-state index in [1.165, 1.54) is 32.1 Å². The van der Waals surface area contributed by atoms with E-state index >= 15 is 0 Å². The van der Waals surface area contributed by atoms with Crippen LogP contribution in [0.4, 0.5) is 0 Å². The highest BCUT2D eigenvalue weighted by molar-refractivity contribution is 5.76. The van der Waals surface area contributed by atoms with Crippen LogP contribution >= 0.6 is 0 Å². The average molecular weight is 331 g/mol. The van der Waals surface area contributed by atoms with Crippen molar-refractivity contribution in [3.05, 3.63) is 11.6 Å². The first-order valence-electron chi connectivity index (χ1n) is 9.71. The largest absolute Gasteiger partial charge is 0.343 e. The summed E-state index contributed by atoms with van der Waals surface area (Å²) in [5.74, 6) is 3.69. The number of rotatable bonds is 3. The normalized spacial score (nSPS) is 23.2. The fourth-order valence-corrected chi connectivity index (χ4v) is 4.57. The number of carbonyl (C=O) groups excluding carboxylic acids is 1. The lowest BCUT2D eigenvalue weighted by molar-refractivity contribution is -0.133. The van der Waals surface area contributed by atoms with E-state index in [1.54, 1.807) is 0 Å². The molecule has 0 atom stereocenters. The second-order valence-electron chi connectivity index (χ2n) is 7.67. The zero-order valence-corrected chi connectivity index (χ0v) is 14.5. The van der Waals surface area contributed by atoms with E-state index in [1.807, 2.05) is 0 Å². The number of aromatic nitrogens is 3. The molecular formula is C18H29N5O. The molecule has 2 fully saturated rings. The van der Waals surface area contributed by atoms with Gasteiger partial charge in [0.2, 0.25) is 5.91 Å². The van der Waals surface area contributed by atoms with Gasteiger partial charge in [-0.25, -0.2) is 0 Å². The van der Waals surface area contributed by atoms with E-state index in [2.05, 4.69) is 25.0 Å². The Morgan fingerprint density at radius 3 is 2.62 bits per heavy atom. The van der Waals surface area contributed by atoms with Gasteiger partial charge in [0.25, 0.3) is 0 Å². The summed E-state index contributed by atoms with van der Waals surface area (Å²) in [5, 5.41) is 12.1. The van der Waals surface area contributed by atoms with Gasteiger partial charge in [-0.2, -0.15) is 0 Å². The van der Waals surface area contributed by atoms with E-state index in [0.717, 1.165) is 63.6 Å². The van der Waals surface area contributed by atoms with E-state index in [9.17, 15) is 4.79 Å². The maximum atomic E-state index is 12.6. The van der Waals surface area contributed by atoms with Crippen LogP contribution in [-0.2, 0) is 17.9 Å². The third kappa shape index (κ3) is 3.34. The van der Waals surface area contributed by atoms with Crippen LogP contribution in [0.3, 0.4) is 0 Å². The molecule has 1 saturated carbocycles. The molecule has 1 N–H and O–H groups in total. The summed E-state index contributed by atoms with van der Waals surface area (Å²) in [6, 6.07) is 0. The number of nitrogens with zero attached hydrogens (tertiary/aromatic N) is 4. The molecule has 2 aliphatic heterocycles. The predicted octanol–water partition coefficient (Wildman–Crippen LogP) is 2.06. The second kappa shape index (κ2) is 7.21. The summed E-state index contributed by atoms with van der Waals surface area (Å²) in [7, 11) is 0. The van der Waals surface area contributed by atoms with Crippen molar-refractivity contribution in [3.8, 4) is 0 Å². The van der Waals surface area contributed by atoms with E-state index in [4.69, 9.17) is 0 Å². The van der Waals surface area contributed by atoms with Crippen molar-refractivity contribution in [1.82, 2.24) is 25.0 Å². The minimum atomic E-state index is 0.382. The van der Waals surface area contributed by atoms with Gasteiger partial charge in [0.15, 0.2) is 0 Å². The summed E-state index contributed by atoms with van der Waals surface area (Å²) in [6.45, 7) is 4.56. The van der Waals surface area contributed by atoms with Crippen molar-refractivity contribution in [3.63, 3.8) is 0 Å². The summed E-state index contributed by atoms with van der Waals surface area (Å²) in [6.07, 6.45) is 9.32. The first-order valence-corrected chi connectivity index (χ1v) is 9.71. The molecule has 6 heteroatoms. The highest BCUT2D eigenvalue weighted by atomic mass is 16.2. The number of amides is 1. The summed E-state index contributed by atoms with van der Waals surface area (Å²) >= 11 is 0. The highest BCUT2D eigenvalue weighted by Crippen LogP contribution is 2.30. The van der Waals surface area contributed by atoms with Crippen molar-refractivity contribution >= 4 is 5.91 Å². The van der Waals surface area contributed by atoms with E-state index in [-0.39, 0.29) is 0 Å². The van der Waals surface area contributed by atoms with Gasteiger partial charge in [0, 0.05) is 38.5 Å². The van der Waals surface area contributed by atoms with Crippen molar-refractivity contribution in [2.75, 3.05) is 19.6 Å². The van der Waals surface area contributed by atoms with Gasteiger partial charge >= 0.3 is 0 Å². The van der Waals surface area contributed by atoms with Gasteiger partial charge in [-0.15, -0.1) is 10.2 Å². The van der Waals surface area contributed by atoms with Crippen molar-refractivity contribution in [2.45, 2.75) is 70.4 Å². The summed E-state index contributed by atoms with van der Waals surface area (Å²) < 4.78 is 2.29. The second-order valence-corrected chi connectivity index (χ2v) is 7.67. The molecule has 4 rings (SSSR count). The number of carbonyl (C=O) groups is 1. The SMILES string of the molecule is O=C(CC1CCCCC1)N1CCC(c2nnc3n2CCNC3)CC1. The Bertz CT molecular complexity index is 570. The Labute approximate surface area is 144 Å². The van der Waals surface area contributed by atoms with Gasteiger partial charge in [0.1, 0.15) is 11.6 Å². The highest BCUT2D eigenvalue weighted by Gasteiger charge is 2.29. The molecular weight excluding hydrogens is 302 g/mol. The fourth-order valence-electron chi connectivity index (χ4n) is 4.57. The molecule has 0 radical (unpaired) electrons. The van der Waals surface area contributed by atoms with Crippen LogP contribution in [-0.4, -0.2) is 45.2 Å². The Hall–Kier alpha value is -1.43. The van der Waals surface area contributed by atoms with Crippen LogP contribution in [0.5, 0.6) is 0 Å². The number of hydrogen-bond donors (Lipinski definition) is 1. The lowest BCUT2D eigenvalue weighted by atomic mass is 9.86. The maximum Gasteiger partial charge on any atom is 0.222 e. The third-order valence-corrected chi connectivity index (χ3v) is 6.05. The number of likely N-dealkylation sites (tertiary alicyclic amines) is 1. The molecule has 1 saturated heterocycles. The molecule has 1 aromatic rings. The van der Waals surface area contributed by atoms with E-state index in [0.29, 0.717) is 17.7 Å². The molecule has 24 heavy (non-hydrogen) atoms.